The summed E-state index contributed by atoms with van der Waals surface area (Å²) in [6.45, 7) is 4.47. The number of rotatable bonds is 0. The number of ether oxygens (including phenoxy) is 1. The highest BCUT2D eigenvalue weighted by Crippen LogP contribution is 2.39. The van der Waals surface area contributed by atoms with Gasteiger partial charge in [0.1, 0.15) is 5.83 Å². The van der Waals surface area contributed by atoms with E-state index in [1.807, 2.05) is 0 Å². The van der Waals surface area contributed by atoms with Crippen LogP contribution in [0.15, 0.2) is 34.8 Å². The minimum Gasteiger partial charge on any atom is -0.373 e. The summed E-state index contributed by atoms with van der Waals surface area (Å²) in [4.78, 5) is 2.37. The first kappa shape index (κ1) is 9.16. The summed E-state index contributed by atoms with van der Waals surface area (Å²) < 4.78 is 18.6. The lowest BCUT2D eigenvalue weighted by Crippen LogP contribution is -2.38. The molecule has 1 atom stereocenters. The first-order chi connectivity index (χ1) is 7.27. The molecule has 0 aromatic carbocycles. The van der Waals surface area contributed by atoms with Gasteiger partial charge < -0.3 is 9.64 Å². The molecule has 1 fully saturated rings. The van der Waals surface area contributed by atoms with Crippen LogP contribution in [0.5, 0.6) is 0 Å². The van der Waals surface area contributed by atoms with E-state index in [4.69, 9.17) is 4.74 Å². The molecule has 0 N–H and O–H groups in total. The highest BCUT2D eigenvalue weighted by Gasteiger charge is 2.36. The van der Waals surface area contributed by atoms with E-state index in [0.717, 1.165) is 25.1 Å². The molecule has 2 nitrogen and oxygen atoms in total. The molecule has 15 heavy (non-hydrogen) atoms. The predicted molar refractivity (Wildman–Crippen MR) is 55.9 cm³/mol. The van der Waals surface area contributed by atoms with Crippen LogP contribution in [0.1, 0.15) is 13.3 Å². The van der Waals surface area contributed by atoms with E-state index >= 15 is 0 Å². The third kappa shape index (κ3) is 1.26. The fourth-order valence-corrected chi connectivity index (χ4v) is 2.69. The van der Waals surface area contributed by atoms with Gasteiger partial charge in [0, 0.05) is 12.2 Å². The average molecular weight is 207 g/mol. The van der Waals surface area contributed by atoms with Crippen molar-refractivity contribution in [3.63, 3.8) is 0 Å². The van der Waals surface area contributed by atoms with Crippen molar-refractivity contribution in [3.05, 3.63) is 34.8 Å². The third-order valence-corrected chi connectivity index (χ3v) is 3.49. The molecular formula is C12H14FNO. The van der Waals surface area contributed by atoms with Crippen molar-refractivity contribution >= 4 is 0 Å². The number of halogens is 1. The van der Waals surface area contributed by atoms with Crippen molar-refractivity contribution in [1.29, 1.82) is 0 Å². The molecule has 0 radical (unpaired) electrons. The molecule has 0 spiro atoms. The van der Waals surface area contributed by atoms with Crippen LogP contribution < -0.4 is 0 Å². The molecule has 0 aromatic rings. The number of allylic oxidation sites excluding steroid dienone is 2. The summed E-state index contributed by atoms with van der Waals surface area (Å²) >= 11 is 0. The summed E-state index contributed by atoms with van der Waals surface area (Å²) in [6, 6.07) is 0.364. The molecule has 3 heteroatoms. The Morgan fingerprint density at radius 2 is 2.40 bits per heavy atom. The maximum atomic E-state index is 13.2. The molecule has 0 saturated carbocycles. The van der Waals surface area contributed by atoms with Gasteiger partial charge in [-0.2, -0.15) is 0 Å². The monoisotopic (exact) mass is 207 g/mol. The fraction of sp³-hybridized carbons (Fsp3) is 0.500. The summed E-state index contributed by atoms with van der Waals surface area (Å²) in [6.07, 6.45) is 4.15. The molecule has 1 saturated heterocycles. The van der Waals surface area contributed by atoms with Crippen LogP contribution in [0.3, 0.4) is 0 Å². The van der Waals surface area contributed by atoms with Gasteiger partial charge in [-0.15, -0.1) is 0 Å². The Kier molecular flexibility index (Phi) is 1.96. The largest absolute Gasteiger partial charge is 0.373 e. The first-order valence-corrected chi connectivity index (χ1v) is 5.39. The van der Waals surface area contributed by atoms with E-state index in [1.165, 1.54) is 11.3 Å². The van der Waals surface area contributed by atoms with Gasteiger partial charge >= 0.3 is 0 Å². The van der Waals surface area contributed by atoms with Crippen molar-refractivity contribution in [2.75, 3.05) is 19.8 Å². The molecular weight excluding hydrogens is 193 g/mol. The van der Waals surface area contributed by atoms with E-state index in [-0.39, 0.29) is 5.83 Å². The van der Waals surface area contributed by atoms with Crippen LogP contribution in [0.4, 0.5) is 4.39 Å². The molecule has 3 aliphatic rings. The van der Waals surface area contributed by atoms with Crippen molar-refractivity contribution in [3.8, 4) is 0 Å². The lowest BCUT2D eigenvalue weighted by molar-refractivity contribution is 0.0668. The standard InChI is InChI=1S/C12H14FNO/c1-8-10-6-9(13)2-3-11(10)14-4-5-15-7-12(8)14/h2,6,11H,3-5,7H2,1H3. The van der Waals surface area contributed by atoms with Gasteiger partial charge in [0.2, 0.25) is 0 Å². The maximum Gasteiger partial charge on any atom is 0.119 e. The smallest absolute Gasteiger partial charge is 0.119 e. The minimum absolute atomic E-state index is 0.0954. The second kappa shape index (κ2) is 3.20. The average Bonchev–Trinajstić information content (AvgIpc) is 2.54. The van der Waals surface area contributed by atoms with Gasteiger partial charge in [-0.1, -0.05) is 0 Å². The van der Waals surface area contributed by atoms with Crippen LogP contribution in [-0.4, -0.2) is 30.7 Å². The van der Waals surface area contributed by atoms with Crippen molar-refractivity contribution < 1.29 is 9.13 Å². The van der Waals surface area contributed by atoms with Crippen LogP contribution in [0.2, 0.25) is 0 Å². The van der Waals surface area contributed by atoms with E-state index in [1.54, 1.807) is 12.2 Å². The Morgan fingerprint density at radius 1 is 1.53 bits per heavy atom. The molecule has 0 amide bonds. The van der Waals surface area contributed by atoms with Crippen LogP contribution in [0.25, 0.3) is 0 Å². The molecule has 2 heterocycles. The number of nitrogens with zero attached hydrogens (tertiary/aromatic N) is 1. The van der Waals surface area contributed by atoms with E-state index in [0.29, 0.717) is 12.6 Å². The molecule has 2 aliphatic heterocycles. The summed E-state index contributed by atoms with van der Waals surface area (Å²) in [5, 5.41) is 0. The second-order valence-corrected chi connectivity index (χ2v) is 4.26. The van der Waals surface area contributed by atoms with Crippen molar-refractivity contribution in [2.45, 2.75) is 19.4 Å². The van der Waals surface area contributed by atoms with Gasteiger partial charge in [-0.05, 0) is 36.6 Å². The van der Waals surface area contributed by atoms with Gasteiger partial charge in [0.05, 0.1) is 19.3 Å². The SMILES string of the molecule is CC1=C2COCCN2C2CC=C(F)C=C12. The highest BCUT2D eigenvalue weighted by atomic mass is 19.1. The summed E-state index contributed by atoms with van der Waals surface area (Å²) in [5.74, 6) is -0.0954. The van der Waals surface area contributed by atoms with Crippen LogP contribution in [0, 0.1) is 0 Å². The lowest BCUT2D eigenvalue weighted by Gasteiger charge is -2.33. The van der Waals surface area contributed by atoms with Crippen molar-refractivity contribution in [1.82, 2.24) is 4.90 Å². The van der Waals surface area contributed by atoms with Gasteiger partial charge in [-0.25, -0.2) is 4.39 Å². The first-order valence-electron chi connectivity index (χ1n) is 5.39. The Morgan fingerprint density at radius 3 is 3.27 bits per heavy atom. The number of hydrogen-bond acceptors (Lipinski definition) is 2. The normalized spacial score (nSPS) is 29.7. The quantitative estimate of drug-likeness (QED) is 0.603. The third-order valence-electron chi connectivity index (χ3n) is 3.49. The topological polar surface area (TPSA) is 12.5 Å². The van der Waals surface area contributed by atoms with E-state index in [2.05, 4.69) is 11.8 Å². The Bertz CT molecular complexity index is 394. The Labute approximate surface area is 88.7 Å². The summed E-state index contributed by atoms with van der Waals surface area (Å²) in [5.41, 5.74) is 3.61. The second-order valence-electron chi connectivity index (χ2n) is 4.26. The van der Waals surface area contributed by atoms with Crippen molar-refractivity contribution in [2.24, 2.45) is 0 Å². The fourth-order valence-electron chi connectivity index (χ4n) is 2.69. The van der Waals surface area contributed by atoms with Gasteiger partial charge in [0.15, 0.2) is 0 Å². The number of fused-ring (bicyclic) bond motifs is 3. The number of hydrogen-bond donors (Lipinski definition) is 0. The van der Waals surface area contributed by atoms with Gasteiger partial charge in [0.25, 0.3) is 0 Å². The zero-order chi connectivity index (χ0) is 10.4. The highest BCUT2D eigenvalue weighted by molar-refractivity contribution is 5.49. The maximum absolute atomic E-state index is 13.2. The van der Waals surface area contributed by atoms with E-state index < -0.39 is 0 Å². The molecule has 80 valence electrons. The molecule has 0 aromatic heterocycles. The van der Waals surface area contributed by atoms with E-state index in [9.17, 15) is 4.39 Å². The molecule has 1 unspecified atom stereocenters. The zero-order valence-electron chi connectivity index (χ0n) is 8.79. The summed E-state index contributed by atoms with van der Waals surface area (Å²) in [7, 11) is 0. The number of morpholine rings is 1. The predicted octanol–water partition coefficient (Wildman–Crippen LogP) is 2.16. The molecule has 0 bridgehead atoms. The lowest BCUT2D eigenvalue weighted by atomic mass is 9.95. The zero-order valence-corrected chi connectivity index (χ0v) is 8.79. The Balaban J connectivity index is 2.03. The molecule has 3 rings (SSSR count). The van der Waals surface area contributed by atoms with Crippen LogP contribution in [-0.2, 0) is 4.74 Å². The van der Waals surface area contributed by atoms with Crippen LogP contribution >= 0.6 is 0 Å². The van der Waals surface area contributed by atoms with Gasteiger partial charge in [-0.3, -0.25) is 0 Å². The minimum atomic E-state index is -0.0954. The Hall–Kier alpha value is -1.09. The molecule has 1 aliphatic carbocycles.